The van der Waals surface area contributed by atoms with Crippen LogP contribution in [0.4, 0.5) is 0 Å². The highest BCUT2D eigenvalue weighted by atomic mass is 127. The van der Waals surface area contributed by atoms with Crippen LogP contribution in [0.15, 0.2) is 12.1 Å². The Hall–Kier alpha value is -0.460. The maximum atomic E-state index is 12.2. The first-order valence-electron chi connectivity index (χ1n) is 9.09. The van der Waals surface area contributed by atoms with Crippen LogP contribution in [0.3, 0.4) is 0 Å². The third-order valence-corrected chi connectivity index (χ3v) is 6.12. The molecule has 1 aliphatic rings. The summed E-state index contributed by atoms with van der Waals surface area (Å²) >= 11 is 6.45. The van der Waals surface area contributed by atoms with Crippen molar-refractivity contribution in [3.63, 3.8) is 0 Å². The lowest BCUT2D eigenvalue weighted by Crippen LogP contribution is -2.41. The zero-order valence-corrected chi connectivity index (χ0v) is 22.8. The number of ether oxygens (including phenoxy) is 5. The van der Waals surface area contributed by atoms with E-state index in [-0.39, 0.29) is 26.4 Å². The van der Waals surface area contributed by atoms with Crippen molar-refractivity contribution >= 4 is 85.7 Å². The fraction of sp³-hybridized carbons (Fsp3) is 0.474. The Morgan fingerprint density at radius 1 is 1.03 bits per heavy atom. The summed E-state index contributed by atoms with van der Waals surface area (Å²) in [6.45, 7) is 6.38. The van der Waals surface area contributed by atoms with Crippen LogP contribution in [0.25, 0.3) is 0 Å². The van der Waals surface area contributed by atoms with E-state index in [2.05, 4.69) is 67.8 Å². The van der Waals surface area contributed by atoms with Gasteiger partial charge in [0.05, 0.1) is 33.8 Å². The summed E-state index contributed by atoms with van der Waals surface area (Å²) in [6.07, 6.45) is -0.983. The van der Waals surface area contributed by atoms with Crippen LogP contribution in [-0.4, -0.2) is 81.6 Å². The van der Waals surface area contributed by atoms with Crippen molar-refractivity contribution in [1.82, 2.24) is 4.90 Å². The fourth-order valence-electron chi connectivity index (χ4n) is 2.48. The Morgan fingerprint density at radius 2 is 1.65 bits per heavy atom. The van der Waals surface area contributed by atoms with Gasteiger partial charge in [-0.25, -0.2) is 4.79 Å². The molecule has 12 heteroatoms. The normalized spacial score (nSPS) is 15.1. The number of rotatable bonds is 10. The van der Waals surface area contributed by atoms with Gasteiger partial charge in [0.1, 0.15) is 19.0 Å². The minimum Gasteiger partial charge on any atom is -0.480 e. The molecule has 0 saturated carbocycles. The van der Waals surface area contributed by atoms with Gasteiger partial charge in [-0.05, 0) is 79.9 Å². The summed E-state index contributed by atoms with van der Waals surface area (Å²) in [6, 6.07) is 3.85. The zero-order chi connectivity index (χ0) is 22.8. The van der Waals surface area contributed by atoms with Crippen LogP contribution in [0, 0.1) is 17.6 Å². The number of benzene rings is 1. The van der Waals surface area contributed by atoms with E-state index in [9.17, 15) is 14.4 Å². The standard InChI is InChI=1S/C19H20I3NO8/c1-12(24)28-9-14(31-17(25)8-23-2-4-27-5-3-23)10-29-18(26)11-30-19-15(21)6-13(20)7-16(19)22/h1,6-7,14H,2-5,8-11H2. The number of morpholine rings is 1. The van der Waals surface area contributed by atoms with Gasteiger partial charge >= 0.3 is 17.9 Å². The highest BCUT2D eigenvalue weighted by Gasteiger charge is 2.22. The molecule has 1 aromatic carbocycles. The maximum absolute atomic E-state index is 12.2. The average Bonchev–Trinajstić information content (AvgIpc) is 2.69. The van der Waals surface area contributed by atoms with Gasteiger partial charge in [-0.15, -0.1) is 0 Å². The molecule has 0 amide bonds. The predicted molar refractivity (Wildman–Crippen MR) is 133 cm³/mol. The summed E-state index contributed by atoms with van der Waals surface area (Å²) in [7, 11) is 0. The lowest BCUT2D eigenvalue weighted by atomic mass is 10.3. The molecule has 1 saturated heterocycles. The zero-order valence-electron chi connectivity index (χ0n) is 16.3. The van der Waals surface area contributed by atoms with Gasteiger partial charge in [-0.1, -0.05) is 0 Å². The minimum atomic E-state index is -1.02. The number of carbonyl (C=O) groups is 3. The Balaban J connectivity index is 1.83. The summed E-state index contributed by atoms with van der Waals surface area (Å²) in [4.78, 5) is 37.1. The fourth-order valence-corrected chi connectivity index (χ4v) is 6.38. The van der Waals surface area contributed by atoms with Crippen LogP contribution in [0.1, 0.15) is 0 Å². The van der Waals surface area contributed by atoms with E-state index in [1.165, 1.54) is 0 Å². The molecule has 2 radical (unpaired) electrons. The summed E-state index contributed by atoms with van der Waals surface area (Å²) in [5, 5.41) is 0. The Kier molecular flexibility index (Phi) is 12.1. The smallest absolute Gasteiger partial charge is 0.344 e. The second-order valence-electron chi connectivity index (χ2n) is 6.30. The molecule has 170 valence electrons. The van der Waals surface area contributed by atoms with Crippen molar-refractivity contribution in [2.75, 3.05) is 52.7 Å². The van der Waals surface area contributed by atoms with E-state index >= 15 is 0 Å². The van der Waals surface area contributed by atoms with Crippen molar-refractivity contribution < 1.29 is 38.1 Å². The van der Waals surface area contributed by atoms with Crippen molar-refractivity contribution in [3.05, 3.63) is 29.8 Å². The Bertz CT molecular complexity index is 762. The van der Waals surface area contributed by atoms with E-state index < -0.39 is 24.0 Å². The van der Waals surface area contributed by atoms with Gasteiger partial charge in [-0.3, -0.25) is 14.5 Å². The van der Waals surface area contributed by atoms with E-state index in [0.717, 1.165) is 10.7 Å². The van der Waals surface area contributed by atoms with Crippen LogP contribution in [0.5, 0.6) is 5.75 Å². The molecule has 1 aromatic rings. The van der Waals surface area contributed by atoms with Gasteiger partial charge in [0.2, 0.25) is 0 Å². The maximum Gasteiger partial charge on any atom is 0.344 e. The molecule has 0 N–H and O–H groups in total. The summed E-state index contributed by atoms with van der Waals surface area (Å²) in [5.74, 6) is -1.62. The molecule has 0 aliphatic carbocycles. The molecule has 1 atom stereocenters. The van der Waals surface area contributed by atoms with Crippen LogP contribution >= 0.6 is 67.8 Å². The SMILES string of the molecule is [CH]C(=O)OCC(COC(=O)COc1c(I)cc(I)cc1I)OC(=O)CN1CCOCC1. The molecule has 0 spiro atoms. The topological polar surface area (TPSA) is 101 Å². The van der Waals surface area contributed by atoms with Crippen molar-refractivity contribution in [1.29, 1.82) is 0 Å². The molecule has 2 rings (SSSR count). The summed E-state index contributed by atoms with van der Waals surface area (Å²) < 4.78 is 28.7. The van der Waals surface area contributed by atoms with Crippen molar-refractivity contribution in [2.45, 2.75) is 6.10 Å². The molecule has 1 unspecified atom stereocenters. The Labute approximate surface area is 221 Å². The first kappa shape index (κ1) is 26.8. The third-order valence-electron chi connectivity index (χ3n) is 3.89. The van der Waals surface area contributed by atoms with Gasteiger partial charge in [-0.2, -0.15) is 0 Å². The van der Waals surface area contributed by atoms with E-state index in [1.807, 2.05) is 17.0 Å². The quantitative estimate of drug-likeness (QED) is 0.201. The monoisotopic (exact) mass is 771 g/mol. The van der Waals surface area contributed by atoms with Gasteiger partial charge in [0, 0.05) is 16.7 Å². The molecular weight excluding hydrogens is 751 g/mol. The van der Waals surface area contributed by atoms with Crippen molar-refractivity contribution in [2.24, 2.45) is 0 Å². The van der Waals surface area contributed by atoms with E-state index in [0.29, 0.717) is 32.1 Å². The second-order valence-corrected chi connectivity index (χ2v) is 9.87. The number of halogens is 3. The van der Waals surface area contributed by atoms with Crippen LogP contribution in [-0.2, 0) is 33.3 Å². The molecule has 1 fully saturated rings. The molecule has 1 aliphatic heterocycles. The second kappa shape index (κ2) is 13.9. The summed E-state index contributed by atoms with van der Waals surface area (Å²) in [5.41, 5.74) is 0. The number of hydrogen-bond donors (Lipinski definition) is 0. The van der Waals surface area contributed by atoms with E-state index in [1.54, 1.807) is 0 Å². The number of carbonyl (C=O) groups excluding carboxylic acids is 3. The lowest BCUT2D eigenvalue weighted by molar-refractivity contribution is -0.167. The first-order valence-corrected chi connectivity index (χ1v) is 12.3. The Morgan fingerprint density at radius 3 is 2.26 bits per heavy atom. The van der Waals surface area contributed by atoms with Gasteiger partial charge in [0.25, 0.3) is 0 Å². The molecule has 9 nitrogen and oxygen atoms in total. The highest BCUT2D eigenvalue weighted by molar-refractivity contribution is 14.1. The predicted octanol–water partition coefficient (Wildman–Crippen LogP) is 1.92. The van der Waals surface area contributed by atoms with E-state index in [4.69, 9.17) is 30.6 Å². The lowest BCUT2D eigenvalue weighted by Gasteiger charge is -2.26. The van der Waals surface area contributed by atoms with Crippen molar-refractivity contribution in [3.8, 4) is 5.75 Å². The molecule has 1 heterocycles. The van der Waals surface area contributed by atoms with Gasteiger partial charge in [0.15, 0.2) is 12.7 Å². The van der Waals surface area contributed by atoms with Crippen LogP contribution < -0.4 is 4.74 Å². The number of esters is 3. The average molecular weight is 771 g/mol. The minimum absolute atomic E-state index is 0.0527. The molecule has 0 bridgehead atoms. The third kappa shape index (κ3) is 10.3. The van der Waals surface area contributed by atoms with Gasteiger partial charge < -0.3 is 23.7 Å². The molecular formula is C19H20I3NO8. The molecule has 0 aromatic heterocycles. The largest absolute Gasteiger partial charge is 0.480 e. The molecule has 31 heavy (non-hydrogen) atoms. The number of nitrogens with zero attached hydrogens (tertiary/aromatic N) is 1. The van der Waals surface area contributed by atoms with Crippen LogP contribution in [0.2, 0.25) is 0 Å². The highest BCUT2D eigenvalue weighted by Crippen LogP contribution is 2.29. The number of hydrogen-bond acceptors (Lipinski definition) is 9. The first-order chi connectivity index (χ1) is 14.7.